The molecule has 1 aromatic heterocycles. The van der Waals surface area contributed by atoms with Gasteiger partial charge in [-0.2, -0.15) is 0 Å². The van der Waals surface area contributed by atoms with E-state index in [4.69, 9.17) is 10.5 Å². The van der Waals surface area contributed by atoms with E-state index in [9.17, 15) is 9.90 Å². The van der Waals surface area contributed by atoms with Crippen LogP contribution in [0.1, 0.15) is 22.6 Å². The van der Waals surface area contributed by atoms with Crippen LogP contribution in [0.5, 0.6) is 5.75 Å². The minimum Gasteiger partial charge on any atom is -0.497 e. The van der Waals surface area contributed by atoms with Gasteiger partial charge in [0.1, 0.15) is 11.3 Å². The quantitative estimate of drug-likeness (QED) is 0.428. The van der Waals surface area contributed by atoms with Crippen LogP contribution < -0.4 is 10.5 Å². The maximum atomic E-state index is 12.6. The molecule has 0 saturated heterocycles. The van der Waals surface area contributed by atoms with Crippen LogP contribution in [0.4, 0.5) is 0 Å². The van der Waals surface area contributed by atoms with Crippen molar-refractivity contribution in [2.45, 2.75) is 17.9 Å². The zero-order valence-corrected chi connectivity index (χ0v) is 16.7. The SMILES string of the molecule is COc1ccc2[nH]cc(C(Cc3ccccc3)[C@](N)(C(=O)O)c3ccccc3)c2c1. The Morgan fingerprint density at radius 2 is 1.73 bits per heavy atom. The number of carboxylic acids is 1. The number of carbonyl (C=O) groups is 1. The first-order valence-corrected chi connectivity index (χ1v) is 9.80. The number of nitrogens with one attached hydrogen (secondary N) is 1. The maximum Gasteiger partial charge on any atom is 0.329 e. The van der Waals surface area contributed by atoms with Crippen molar-refractivity contribution in [3.8, 4) is 5.75 Å². The first kappa shape index (κ1) is 19.7. The van der Waals surface area contributed by atoms with Gasteiger partial charge in [0, 0.05) is 23.0 Å². The number of hydrogen-bond donors (Lipinski definition) is 3. The van der Waals surface area contributed by atoms with Crippen molar-refractivity contribution < 1.29 is 14.6 Å². The van der Waals surface area contributed by atoms with Crippen LogP contribution in [0.25, 0.3) is 10.9 Å². The van der Waals surface area contributed by atoms with Gasteiger partial charge in [0.05, 0.1) is 7.11 Å². The van der Waals surface area contributed by atoms with Gasteiger partial charge >= 0.3 is 5.97 Å². The maximum absolute atomic E-state index is 12.6. The minimum atomic E-state index is -1.62. The third-order valence-corrected chi connectivity index (χ3v) is 5.73. The van der Waals surface area contributed by atoms with Gasteiger partial charge in [-0.1, -0.05) is 60.7 Å². The molecule has 2 atom stereocenters. The normalized spacial score (nSPS) is 14.2. The molecule has 5 heteroatoms. The molecule has 1 heterocycles. The summed E-state index contributed by atoms with van der Waals surface area (Å²) in [6, 6.07) is 24.6. The predicted octanol–water partition coefficient (Wildman–Crippen LogP) is 4.44. The Morgan fingerprint density at radius 3 is 2.37 bits per heavy atom. The number of H-pyrrole nitrogens is 1. The van der Waals surface area contributed by atoms with E-state index in [0.717, 1.165) is 22.0 Å². The van der Waals surface area contributed by atoms with Crippen molar-refractivity contribution in [3.63, 3.8) is 0 Å². The topological polar surface area (TPSA) is 88.3 Å². The molecule has 1 unspecified atom stereocenters. The lowest BCUT2D eigenvalue weighted by Gasteiger charge is -2.34. The molecule has 0 amide bonds. The summed E-state index contributed by atoms with van der Waals surface area (Å²) in [4.78, 5) is 15.9. The van der Waals surface area contributed by atoms with Crippen molar-refractivity contribution >= 4 is 16.9 Å². The molecule has 152 valence electrons. The number of carboxylic acid groups (broad SMARTS) is 1. The number of nitrogens with two attached hydrogens (primary N) is 1. The number of methoxy groups -OCH3 is 1. The Kier molecular flexibility index (Phi) is 5.29. The molecular formula is C25H24N2O3. The Balaban J connectivity index is 1.94. The van der Waals surface area contributed by atoms with Crippen LogP contribution in [-0.2, 0) is 16.8 Å². The Morgan fingerprint density at radius 1 is 1.07 bits per heavy atom. The van der Waals surface area contributed by atoms with Gasteiger partial charge in [0.15, 0.2) is 0 Å². The summed E-state index contributed by atoms with van der Waals surface area (Å²) in [7, 11) is 1.61. The number of aliphatic carboxylic acids is 1. The molecule has 0 aliphatic rings. The first-order chi connectivity index (χ1) is 14.5. The van der Waals surface area contributed by atoms with E-state index in [2.05, 4.69) is 4.98 Å². The van der Waals surface area contributed by atoms with E-state index in [0.29, 0.717) is 17.7 Å². The highest BCUT2D eigenvalue weighted by Crippen LogP contribution is 2.41. The van der Waals surface area contributed by atoms with Gasteiger partial charge < -0.3 is 20.6 Å². The summed E-state index contributed by atoms with van der Waals surface area (Å²) in [5.74, 6) is -0.869. The molecule has 5 nitrogen and oxygen atoms in total. The minimum absolute atomic E-state index is 0.475. The van der Waals surface area contributed by atoms with Crippen molar-refractivity contribution in [3.05, 3.63) is 102 Å². The summed E-state index contributed by atoms with van der Waals surface area (Å²) < 4.78 is 5.40. The Bertz CT molecular complexity index is 1150. The lowest BCUT2D eigenvalue weighted by atomic mass is 9.72. The summed E-state index contributed by atoms with van der Waals surface area (Å²) in [6.07, 6.45) is 2.34. The number of fused-ring (bicyclic) bond motifs is 1. The smallest absolute Gasteiger partial charge is 0.329 e. The molecule has 0 aliphatic carbocycles. The molecule has 0 fully saturated rings. The number of rotatable bonds is 7. The fourth-order valence-corrected chi connectivity index (χ4v) is 4.09. The fraction of sp³-hybridized carbons (Fsp3) is 0.160. The zero-order valence-electron chi connectivity index (χ0n) is 16.7. The fourth-order valence-electron chi connectivity index (χ4n) is 4.09. The van der Waals surface area contributed by atoms with Gasteiger partial charge in [0.25, 0.3) is 0 Å². The van der Waals surface area contributed by atoms with Gasteiger partial charge in [-0.15, -0.1) is 0 Å². The summed E-state index contributed by atoms with van der Waals surface area (Å²) in [5, 5.41) is 11.3. The second-order valence-electron chi connectivity index (χ2n) is 7.44. The van der Waals surface area contributed by atoms with Gasteiger partial charge in [-0.3, -0.25) is 0 Å². The summed E-state index contributed by atoms with van der Waals surface area (Å²) >= 11 is 0. The van der Waals surface area contributed by atoms with E-state index in [1.165, 1.54) is 0 Å². The van der Waals surface area contributed by atoms with Crippen LogP contribution in [0.15, 0.2) is 85.1 Å². The van der Waals surface area contributed by atoms with E-state index >= 15 is 0 Å². The summed E-state index contributed by atoms with van der Waals surface area (Å²) in [6.45, 7) is 0. The monoisotopic (exact) mass is 400 g/mol. The first-order valence-electron chi connectivity index (χ1n) is 9.80. The molecule has 4 N–H and O–H groups in total. The van der Waals surface area contributed by atoms with Gasteiger partial charge in [-0.25, -0.2) is 4.79 Å². The highest BCUT2D eigenvalue weighted by atomic mass is 16.5. The van der Waals surface area contributed by atoms with E-state index in [1.807, 2.05) is 72.9 Å². The molecule has 0 bridgehead atoms. The van der Waals surface area contributed by atoms with Crippen LogP contribution in [0.3, 0.4) is 0 Å². The standard InChI is InChI=1S/C25H24N2O3/c1-30-19-12-13-23-20(15-19)21(16-27-23)22(14-17-8-4-2-5-9-17)25(26,24(28)29)18-10-6-3-7-11-18/h2-13,15-16,22,27H,14,26H2,1H3,(H,28,29)/t22?,25-/m0/s1. The largest absolute Gasteiger partial charge is 0.497 e. The average Bonchev–Trinajstić information content (AvgIpc) is 3.21. The van der Waals surface area contributed by atoms with Crippen LogP contribution in [0.2, 0.25) is 0 Å². The van der Waals surface area contributed by atoms with E-state index < -0.39 is 17.4 Å². The highest BCUT2D eigenvalue weighted by Gasteiger charge is 2.45. The second kappa shape index (κ2) is 8.05. The van der Waals surface area contributed by atoms with Crippen molar-refractivity contribution in [2.75, 3.05) is 7.11 Å². The molecule has 3 aromatic carbocycles. The van der Waals surface area contributed by atoms with Gasteiger partial charge in [0.2, 0.25) is 0 Å². The second-order valence-corrected chi connectivity index (χ2v) is 7.44. The molecule has 4 rings (SSSR count). The van der Waals surface area contributed by atoms with Gasteiger partial charge in [-0.05, 0) is 41.3 Å². The molecule has 0 aliphatic heterocycles. The molecule has 30 heavy (non-hydrogen) atoms. The number of ether oxygens (including phenoxy) is 1. The molecule has 0 spiro atoms. The third kappa shape index (κ3) is 3.44. The highest BCUT2D eigenvalue weighted by molar-refractivity contribution is 5.88. The van der Waals surface area contributed by atoms with Crippen molar-refractivity contribution in [1.29, 1.82) is 0 Å². The predicted molar refractivity (Wildman–Crippen MR) is 118 cm³/mol. The number of benzene rings is 3. The van der Waals surface area contributed by atoms with E-state index in [-0.39, 0.29) is 0 Å². The Hall–Kier alpha value is -3.57. The van der Waals surface area contributed by atoms with E-state index in [1.54, 1.807) is 19.2 Å². The summed E-state index contributed by atoms with van der Waals surface area (Å²) in [5.41, 5.74) is 8.49. The zero-order chi connectivity index (χ0) is 21.1. The molecule has 4 aromatic rings. The number of aromatic amines is 1. The van der Waals surface area contributed by atoms with Crippen LogP contribution >= 0.6 is 0 Å². The number of hydrogen-bond acceptors (Lipinski definition) is 3. The van der Waals surface area contributed by atoms with Crippen molar-refractivity contribution in [2.24, 2.45) is 5.73 Å². The third-order valence-electron chi connectivity index (χ3n) is 5.73. The van der Waals surface area contributed by atoms with Crippen LogP contribution in [0, 0.1) is 0 Å². The number of aromatic nitrogens is 1. The average molecular weight is 400 g/mol. The van der Waals surface area contributed by atoms with Crippen molar-refractivity contribution in [1.82, 2.24) is 4.98 Å². The molecule has 0 radical (unpaired) electrons. The van der Waals surface area contributed by atoms with Crippen LogP contribution in [-0.4, -0.2) is 23.2 Å². The lowest BCUT2D eigenvalue weighted by molar-refractivity contribution is -0.144. The lowest BCUT2D eigenvalue weighted by Crippen LogP contribution is -2.50. The Labute approximate surface area is 175 Å². The molecule has 0 saturated carbocycles. The molecular weight excluding hydrogens is 376 g/mol.